The molecule has 0 saturated heterocycles. The fourth-order valence-electron chi connectivity index (χ4n) is 11.4. The van der Waals surface area contributed by atoms with Gasteiger partial charge in [-0.2, -0.15) is 0 Å². The van der Waals surface area contributed by atoms with Crippen LogP contribution in [0.5, 0.6) is 0 Å². The number of benzene rings is 10. The van der Waals surface area contributed by atoms with E-state index in [-0.39, 0.29) is 0 Å². The van der Waals surface area contributed by atoms with E-state index < -0.39 is 8.07 Å². The van der Waals surface area contributed by atoms with Crippen LogP contribution in [0.1, 0.15) is 33.4 Å². The van der Waals surface area contributed by atoms with Crippen molar-refractivity contribution in [1.82, 2.24) is 0 Å². The number of anilines is 12. The molecule has 0 fully saturated rings. The number of fused-ring (bicyclic) bond motifs is 8. The Labute approximate surface area is 420 Å². The second kappa shape index (κ2) is 17.5. The lowest BCUT2D eigenvalue weighted by molar-refractivity contribution is 1.24. The van der Waals surface area contributed by atoms with Crippen LogP contribution in [0.15, 0.2) is 231 Å². The zero-order chi connectivity index (χ0) is 48.4. The first-order valence-electron chi connectivity index (χ1n) is 24.7. The summed E-state index contributed by atoms with van der Waals surface area (Å²) in [6, 6.07) is 86.2. The van der Waals surface area contributed by atoms with Crippen LogP contribution in [0.3, 0.4) is 0 Å². The SMILES string of the molecule is Cc1cccc(N(c2ccccc2)c2ccc(N3c4ccc(C)cc4[Si]4(c5cc(C)ccc53)c3cc(C)ccc3N(c3ccc(N(c5ccccc5)c5cccc(C)c5)cc3)c3ccc(C)cc34)cc2)c1. The van der Waals surface area contributed by atoms with E-state index in [1.54, 1.807) is 0 Å². The standard InChI is InChI=1S/C66H56N4Si/c1-45-15-13-21-57(39-45)67(51-17-9-7-10-18-51)53-27-31-55(32-28-53)69-59-35-23-47(3)41-63(59)71(64-42-48(4)24-36-60(64)69)65-43-49(5)25-37-61(65)70(62-38-26-50(6)44-66(62)71)56-33-29-54(30-34-56)68(52-19-11-8-12-20-52)58-22-14-16-46(2)40-58/h7-44H,1-6H3. The van der Waals surface area contributed by atoms with Crippen molar-refractivity contribution in [3.05, 3.63) is 264 Å². The normalized spacial score (nSPS) is 13.0. The van der Waals surface area contributed by atoms with Gasteiger partial charge >= 0.3 is 0 Å². The summed E-state index contributed by atoms with van der Waals surface area (Å²) >= 11 is 0. The van der Waals surface area contributed by atoms with Crippen LogP contribution in [0.4, 0.5) is 68.2 Å². The Morgan fingerprint density at radius 2 is 0.535 bits per heavy atom. The molecule has 10 aromatic carbocycles. The Kier molecular flexibility index (Phi) is 10.8. The van der Waals surface area contributed by atoms with Gasteiger partial charge < -0.3 is 19.6 Å². The van der Waals surface area contributed by atoms with Crippen molar-refractivity contribution in [2.75, 3.05) is 19.6 Å². The Balaban J connectivity index is 1.04. The molecule has 0 N–H and O–H groups in total. The number of aryl methyl sites for hydroxylation is 6. The lowest BCUT2D eigenvalue weighted by Gasteiger charge is -2.50. The van der Waals surface area contributed by atoms with Gasteiger partial charge in [0.2, 0.25) is 0 Å². The largest absolute Gasteiger partial charge is 0.311 e. The van der Waals surface area contributed by atoms with Gasteiger partial charge in [-0.05, 0) is 195 Å². The summed E-state index contributed by atoms with van der Waals surface area (Å²) in [7, 11) is -3.07. The zero-order valence-electron chi connectivity index (χ0n) is 41.2. The Hall–Kier alpha value is -8.38. The maximum absolute atomic E-state index is 3.07. The third-order valence-corrected chi connectivity index (χ3v) is 19.3. The highest BCUT2D eigenvalue weighted by Gasteiger charge is 2.54. The van der Waals surface area contributed by atoms with Crippen molar-refractivity contribution in [2.24, 2.45) is 0 Å². The number of hydrogen-bond donors (Lipinski definition) is 0. The van der Waals surface area contributed by atoms with Gasteiger partial charge in [-0.25, -0.2) is 0 Å². The van der Waals surface area contributed by atoms with Gasteiger partial charge in [0, 0.05) is 68.2 Å². The van der Waals surface area contributed by atoms with E-state index in [1.807, 2.05) is 0 Å². The van der Waals surface area contributed by atoms with Crippen molar-refractivity contribution in [3.63, 3.8) is 0 Å². The Bertz CT molecular complexity index is 3270. The molecule has 0 amide bonds. The van der Waals surface area contributed by atoms with E-state index in [0.717, 1.165) is 45.5 Å². The van der Waals surface area contributed by atoms with Crippen LogP contribution in [0, 0.1) is 41.5 Å². The topological polar surface area (TPSA) is 13.0 Å². The molecule has 0 unspecified atom stereocenters. The molecule has 0 bridgehead atoms. The molecule has 5 heteroatoms. The minimum Gasteiger partial charge on any atom is -0.311 e. The van der Waals surface area contributed by atoms with Crippen molar-refractivity contribution in [2.45, 2.75) is 41.5 Å². The Morgan fingerprint density at radius 1 is 0.254 bits per heavy atom. The highest BCUT2D eigenvalue weighted by Crippen LogP contribution is 2.46. The summed E-state index contributed by atoms with van der Waals surface area (Å²) in [4.78, 5) is 9.78. The van der Waals surface area contributed by atoms with E-state index in [9.17, 15) is 0 Å². The van der Waals surface area contributed by atoms with E-state index in [1.165, 1.54) is 76.9 Å². The first-order valence-corrected chi connectivity index (χ1v) is 26.7. The van der Waals surface area contributed by atoms with Crippen molar-refractivity contribution in [1.29, 1.82) is 0 Å². The summed E-state index contributed by atoms with van der Waals surface area (Å²) in [6.07, 6.45) is 0. The molecule has 0 radical (unpaired) electrons. The van der Waals surface area contributed by atoms with Gasteiger partial charge in [-0.15, -0.1) is 0 Å². The lowest BCUT2D eigenvalue weighted by Crippen LogP contribution is -2.79. The molecule has 0 atom stereocenters. The fraction of sp³-hybridized carbons (Fsp3) is 0.0909. The first kappa shape index (κ1) is 43.9. The smallest absolute Gasteiger partial charge is 0.188 e. The van der Waals surface area contributed by atoms with E-state index in [0.29, 0.717) is 0 Å². The van der Waals surface area contributed by atoms with Crippen LogP contribution in [-0.4, -0.2) is 8.07 Å². The number of nitrogens with zero attached hydrogens (tertiary/aromatic N) is 4. The highest BCUT2D eigenvalue weighted by molar-refractivity contribution is 7.23. The van der Waals surface area contributed by atoms with E-state index in [4.69, 9.17) is 0 Å². The average molecular weight is 933 g/mol. The summed E-state index contributed by atoms with van der Waals surface area (Å²) in [5.41, 5.74) is 21.5. The second-order valence-electron chi connectivity index (χ2n) is 19.6. The molecule has 2 heterocycles. The molecule has 2 aliphatic rings. The van der Waals surface area contributed by atoms with Gasteiger partial charge in [-0.1, -0.05) is 131 Å². The summed E-state index contributed by atoms with van der Waals surface area (Å²) in [6.45, 7) is 13.4. The minimum atomic E-state index is -3.07. The van der Waals surface area contributed by atoms with Gasteiger partial charge in [0.15, 0.2) is 8.07 Å². The van der Waals surface area contributed by atoms with Gasteiger partial charge in [-0.3, -0.25) is 0 Å². The summed E-state index contributed by atoms with van der Waals surface area (Å²) in [5, 5.41) is 5.65. The first-order chi connectivity index (χ1) is 34.6. The predicted octanol–water partition coefficient (Wildman–Crippen LogP) is 15.4. The van der Waals surface area contributed by atoms with Crippen molar-refractivity contribution >= 4 is 97.1 Å². The third-order valence-electron chi connectivity index (χ3n) is 14.5. The van der Waals surface area contributed by atoms with Crippen LogP contribution < -0.4 is 40.3 Å². The van der Waals surface area contributed by atoms with Gasteiger partial charge in [0.05, 0.1) is 0 Å². The molecule has 4 nitrogen and oxygen atoms in total. The molecular weight excluding hydrogens is 877 g/mol. The van der Waals surface area contributed by atoms with Gasteiger partial charge in [0.1, 0.15) is 0 Å². The van der Waals surface area contributed by atoms with E-state index in [2.05, 4.69) is 292 Å². The molecule has 71 heavy (non-hydrogen) atoms. The fourth-order valence-corrected chi connectivity index (χ4v) is 17.2. The van der Waals surface area contributed by atoms with Crippen LogP contribution in [0.25, 0.3) is 0 Å². The second-order valence-corrected chi connectivity index (χ2v) is 23.2. The van der Waals surface area contributed by atoms with Crippen LogP contribution in [-0.2, 0) is 0 Å². The van der Waals surface area contributed by atoms with Crippen molar-refractivity contribution in [3.8, 4) is 0 Å². The molecule has 0 aliphatic carbocycles. The minimum absolute atomic E-state index is 1.11. The molecular formula is C66H56N4Si. The van der Waals surface area contributed by atoms with Crippen molar-refractivity contribution < 1.29 is 0 Å². The lowest BCUT2D eigenvalue weighted by atomic mass is 10.1. The molecule has 0 aromatic heterocycles. The molecule has 10 aromatic rings. The summed E-state index contributed by atoms with van der Waals surface area (Å²) in [5.74, 6) is 0. The van der Waals surface area contributed by atoms with Gasteiger partial charge in [0.25, 0.3) is 0 Å². The molecule has 12 rings (SSSR count). The highest BCUT2D eigenvalue weighted by atomic mass is 28.3. The Morgan fingerprint density at radius 3 is 0.845 bits per heavy atom. The maximum Gasteiger partial charge on any atom is 0.188 e. The monoisotopic (exact) mass is 932 g/mol. The van der Waals surface area contributed by atoms with E-state index >= 15 is 0 Å². The molecule has 0 saturated carbocycles. The number of para-hydroxylation sites is 2. The maximum atomic E-state index is 2.54. The average Bonchev–Trinajstić information content (AvgIpc) is 3.38. The predicted molar refractivity (Wildman–Crippen MR) is 304 cm³/mol. The van der Waals surface area contributed by atoms with Crippen LogP contribution in [0.2, 0.25) is 0 Å². The number of hydrogen-bond acceptors (Lipinski definition) is 4. The molecule has 344 valence electrons. The zero-order valence-corrected chi connectivity index (χ0v) is 42.2. The quantitative estimate of drug-likeness (QED) is 0.141. The van der Waals surface area contributed by atoms with Crippen LogP contribution >= 0.6 is 0 Å². The number of rotatable bonds is 8. The molecule has 2 aliphatic heterocycles. The third kappa shape index (κ3) is 7.44. The summed E-state index contributed by atoms with van der Waals surface area (Å²) < 4.78 is 0. The molecule has 1 spiro atoms.